The number of morpholine rings is 1. The Labute approximate surface area is 102 Å². The topological polar surface area (TPSA) is 56.3 Å². The van der Waals surface area contributed by atoms with Crippen LogP contribution in [-0.2, 0) is 4.74 Å². The normalized spacial score (nSPS) is 24.6. The van der Waals surface area contributed by atoms with Crippen molar-refractivity contribution in [3.63, 3.8) is 0 Å². The molecule has 2 atom stereocenters. The Kier molecular flexibility index (Phi) is 3.91. The fourth-order valence-electron chi connectivity index (χ4n) is 1.79. The van der Waals surface area contributed by atoms with Crippen LogP contribution in [-0.4, -0.2) is 41.9 Å². The second-order valence-corrected chi connectivity index (χ2v) is 4.44. The van der Waals surface area contributed by atoms with Crippen molar-refractivity contribution in [3.05, 3.63) is 17.6 Å². The van der Waals surface area contributed by atoms with E-state index in [1.165, 1.54) is 0 Å². The third kappa shape index (κ3) is 3.38. The maximum absolute atomic E-state index is 5.74. The van der Waals surface area contributed by atoms with E-state index >= 15 is 0 Å². The Morgan fingerprint density at radius 2 is 2.29 bits per heavy atom. The lowest BCUT2D eigenvalue weighted by molar-refractivity contribution is -0.0478. The fourth-order valence-corrected chi connectivity index (χ4v) is 1.79. The van der Waals surface area contributed by atoms with Crippen LogP contribution in [0.25, 0.3) is 0 Å². The quantitative estimate of drug-likeness (QED) is 0.844. The van der Waals surface area contributed by atoms with Gasteiger partial charge in [-0.15, -0.1) is 0 Å². The van der Waals surface area contributed by atoms with E-state index in [1.807, 2.05) is 13.8 Å². The lowest BCUT2D eigenvalue weighted by atomic mass is 10.2. The van der Waals surface area contributed by atoms with Crippen LogP contribution in [0.4, 0.5) is 0 Å². The molecule has 0 radical (unpaired) electrons. The van der Waals surface area contributed by atoms with E-state index in [1.54, 1.807) is 6.20 Å². The maximum Gasteiger partial charge on any atom is 0.235 e. The lowest BCUT2D eigenvalue weighted by Gasteiger charge is -2.28. The molecule has 17 heavy (non-hydrogen) atoms. The zero-order chi connectivity index (χ0) is 12.3. The highest BCUT2D eigenvalue weighted by Crippen LogP contribution is 2.13. The van der Waals surface area contributed by atoms with Gasteiger partial charge in [-0.1, -0.05) is 0 Å². The highest BCUT2D eigenvalue weighted by atomic mass is 16.5. The summed E-state index contributed by atoms with van der Waals surface area (Å²) in [6.45, 7) is 8.08. The van der Waals surface area contributed by atoms with Crippen molar-refractivity contribution in [3.8, 4) is 5.88 Å². The van der Waals surface area contributed by atoms with Crippen molar-refractivity contribution in [2.45, 2.75) is 33.0 Å². The molecule has 1 aliphatic heterocycles. The number of aryl methyl sites for hydroxylation is 2. The third-order valence-corrected chi connectivity index (χ3v) is 2.67. The van der Waals surface area contributed by atoms with Gasteiger partial charge in [-0.05, 0) is 20.8 Å². The molecule has 1 aromatic heterocycles. The number of ether oxygens (including phenoxy) is 2. The van der Waals surface area contributed by atoms with Crippen molar-refractivity contribution in [1.82, 2.24) is 15.3 Å². The molecule has 0 bridgehead atoms. The van der Waals surface area contributed by atoms with Gasteiger partial charge >= 0.3 is 0 Å². The van der Waals surface area contributed by atoms with Crippen LogP contribution in [0.3, 0.4) is 0 Å². The molecule has 5 nitrogen and oxygen atoms in total. The van der Waals surface area contributed by atoms with Gasteiger partial charge in [0.15, 0.2) is 0 Å². The predicted octanol–water partition coefficient (Wildman–Crippen LogP) is 0.849. The van der Waals surface area contributed by atoms with Gasteiger partial charge < -0.3 is 14.8 Å². The van der Waals surface area contributed by atoms with Crippen LogP contribution >= 0.6 is 0 Å². The Balaban J connectivity index is 1.90. The first-order valence-electron chi connectivity index (χ1n) is 5.94. The first kappa shape index (κ1) is 12.3. The molecule has 1 aliphatic rings. The Bertz CT molecular complexity index is 384. The summed E-state index contributed by atoms with van der Waals surface area (Å²) in [5, 5.41) is 3.31. The number of rotatable bonds is 3. The van der Waals surface area contributed by atoms with Gasteiger partial charge in [-0.3, -0.25) is 4.98 Å². The summed E-state index contributed by atoms with van der Waals surface area (Å²) in [6, 6.07) is 0. The van der Waals surface area contributed by atoms with Gasteiger partial charge in [-0.25, -0.2) is 4.98 Å². The minimum Gasteiger partial charge on any atom is -0.474 e. The van der Waals surface area contributed by atoms with Crippen molar-refractivity contribution in [2.24, 2.45) is 0 Å². The van der Waals surface area contributed by atoms with Crippen LogP contribution in [0.2, 0.25) is 0 Å². The molecule has 1 N–H and O–H groups in total. The molecular formula is C12H19N3O2. The monoisotopic (exact) mass is 237 g/mol. The number of hydrogen-bond donors (Lipinski definition) is 1. The van der Waals surface area contributed by atoms with E-state index in [9.17, 15) is 0 Å². The lowest BCUT2D eigenvalue weighted by Crippen LogP contribution is -2.45. The molecule has 0 aliphatic carbocycles. The molecule has 1 aromatic rings. The number of nitrogens with one attached hydrogen (secondary N) is 1. The van der Waals surface area contributed by atoms with Crippen molar-refractivity contribution < 1.29 is 9.47 Å². The smallest absolute Gasteiger partial charge is 0.235 e. The van der Waals surface area contributed by atoms with Crippen LogP contribution in [0, 0.1) is 13.8 Å². The van der Waals surface area contributed by atoms with Gasteiger partial charge in [0, 0.05) is 19.3 Å². The molecular weight excluding hydrogens is 218 g/mol. The molecule has 0 amide bonds. The van der Waals surface area contributed by atoms with E-state index in [-0.39, 0.29) is 12.2 Å². The van der Waals surface area contributed by atoms with Gasteiger partial charge in [-0.2, -0.15) is 0 Å². The van der Waals surface area contributed by atoms with E-state index in [0.717, 1.165) is 24.5 Å². The summed E-state index contributed by atoms with van der Waals surface area (Å²) < 4.78 is 11.4. The van der Waals surface area contributed by atoms with Crippen molar-refractivity contribution in [2.75, 3.05) is 19.7 Å². The minimum absolute atomic E-state index is 0.0838. The number of hydrogen-bond acceptors (Lipinski definition) is 5. The van der Waals surface area contributed by atoms with E-state index in [0.29, 0.717) is 12.5 Å². The van der Waals surface area contributed by atoms with Gasteiger partial charge in [0.1, 0.15) is 12.7 Å². The van der Waals surface area contributed by atoms with E-state index in [4.69, 9.17) is 9.47 Å². The van der Waals surface area contributed by atoms with E-state index < -0.39 is 0 Å². The van der Waals surface area contributed by atoms with E-state index in [2.05, 4.69) is 22.2 Å². The molecule has 5 heteroatoms. The molecule has 1 fully saturated rings. The average Bonchev–Trinajstić information content (AvgIpc) is 2.30. The number of aromatic nitrogens is 2. The van der Waals surface area contributed by atoms with Gasteiger partial charge in [0.2, 0.25) is 5.88 Å². The third-order valence-electron chi connectivity index (χ3n) is 2.67. The van der Waals surface area contributed by atoms with Crippen molar-refractivity contribution in [1.29, 1.82) is 0 Å². The molecule has 2 rings (SSSR count). The van der Waals surface area contributed by atoms with Gasteiger partial charge in [0.05, 0.1) is 17.5 Å². The van der Waals surface area contributed by atoms with Crippen LogP contribution in [0.15, 0.2) is 6.20 Å². The Hall–Kier alpha value is -1.20. The summed E-state index contributed by atoms with van der Waals surface area (Å²) in [7, 11) is 0. The second kappa shape index (κ2) is 5.42. The first-order chi connectivity index (χ1) is 8.15. The Morgan fingerprint density at radius 1 is 1.47 bits per heavy atom. The molecule has 0 aromatic carbocycles. The summed E-state index contributed by atoms with van der Waals surface area (Å²) >= 11 is 0. The molecule has 0 spiro atoms. The Morgan fingerprint density at radius 3 is 3.06 bits per heavy atom. The second-order valence-electron chi connectivity index (χ2n) is 4.44. The van der Waals surface area contributed by atoms with Crippen LogP contribution < -0.4 is 10.1 Å². The predicted molar refractivity (Wildman–Crippen MR) is 64.2 cm³/mol. The molecule has 0 saturated carbocycles. The van der Waals surface area contributed by atoms with Crippen LogP contribution in [0.5, 0.6) is 5.88 Å². The average molecular weight is 237 g/mol. The summed E-state index contributed by atoms with van der Waals surface area (Å²) in [6.07, 6.45) is 2.06. The molecule has 2 heterocycles. The van der Waals surface area contributed by atoms with Crippen molar-refractivity contribution >= 4 is 0 Å². The number of nitrogens with zero attached hydrogens (tertiary/aromatic N) is 2. The van der Waals surface area contributed by atoms with Crippen LogP contribution in [0.1, 0.15) is 18.3 Å². The largest absolute Gasteiger partial charge is 0.474 e. The zero-order valence-corrected chi connectivity index (χ0v) is 10.6. The minimum atomic E-state index is 0.0838. The summed E-state index contributed by atoms with van der Waals surface area (Å²) in [5.74, 6) is 0.604. The highest BCUT2D eigenvalue weighted by Gasteiger charge is 2.19. The first-order valence-corrected chi connectivity index (χ1v) is 5.94. The SMILES string of the molecule is Cc1cnc(C)c(OCC2CNCC(C)O2)n1. The standard InChI is InChI=1S/C12H19N3O2/c1-8-4-14-10(3)12(15-8)16-7-11-6-13-5-9(2)17-11/h4,9,11,13H,5-7H2,1-3H3. The summed E-state index contributed by atoms with van der Waals surface area (Å²) in [4.78, 5) is 8.53. The molecule has 94 valence electrons. The molecule has 1 saturated heterocycles. The maximum atomic E-state index is 5.74. The van der Waals surface area contributed by atoms with Gasteiger partial charge in [0.25, 0.3) is 0 Å². The fraction of sp³-hybridized carbons (Fsp3) is 0.667. The highest BCUT2D eigenvalue weighted by molar-refractivity contribution is 5.17. The molecule has 2 unspecified atom stereocenters. The zero-order valence-electron chi connectivity index (χ0n) is 10.6. The summed E-state index contributed by atoms with van der Waals surface area (Å²) in [5.41, 5.74) is 1.68.